The van der Waals surface area contributed by atoms with Crippen molar-refractivity contribution in [3.05, 3.63) is 71.6 Å². The normalized spacial score (nSPS) is 19.7. The van der Waals surface area contributed by atoms with Crippen LogP contribution in [0.4, 0.5) is 9.59 Å². The van der Waals surface area contributed by atoms with Crippen molar-refractivity contribution in [1.82, 2.24) is 40.4 Å². The molecule has 1 saturated heterocycles. The molecule has 2 aromatic heterocycles. The monoisotopic (exact) mass is 792 g/mol. The highest BCUT2D eigenvalue weighted by molar-refractivity contribution is 5.87. The minimum atomic E-state index is -0.679. The molecule has 2 aromatic carbocycles. The number of hydrogen-bond acceptors (Lipinski definition) is 8. The Morgan fingerprint density at radius 3 is 2.17 bits per heavy atom. The van der Waals surface area contributed by atoms with Crippen LogP contribution in [-0.4, -0.2) is 99.7 Å². The minimum absolute atomic E-state index is 0.0383. The van der Waals surface area contributed by atoms with E-state index in [2.05, 4.69) is 63.1 Å². The number of aryl methyl sites for hydroxylation is 2. The second kappa shape index (κ2) is 17.1. The van der Waals surface area contributed by atoms with Crippen LogP contribution in [0.3, 0.4) is 0 Å². The van der Waals surface area contributed by atoms with Crippen molar-refractivity contribution in [2.45, 2.75) is 103 Å². The molecule has 0 spiro atoms. The van der Waals surface area contributed by atoms with Gasteiger partial charge in [0.25, 0.3) is 0 Å². The molecular formula is C44H56N8O6. The molecule has 5 atom stereocenters. The fourth-order valence-electron chi connectivity index (χ4n) is 8.97. The van der Waals surface area contributed by atoms with Crippen LogP contribution in [0.5, 0.6) is 0 Å². The molecule has 4 N–H and O–H groups in total. The number of carbonyl (C=O) groups excluding carboxylic acids is 4. The van der Waals surface area contributed by atoms with Gasteiger partial charge in [0.1, 0.15) is 23.7 Å². The van der Waals surface area contributed by atoms with E-state index in [-0.39, 0.29) is 41.7 Å². The number of likely N-dealkylation sites (N-methyl/N-ethyl adjacent to an activating group) is 1. The zero-order chi connectivity index (χ0) is 41.2. The largest absolute Gasteiger partial charge is 0.453 e. The summed E-state index contributed by atoms with van der Waals surface area (Å²) in [6.45, 7) is 8.27. The number of alkyl carbamates (subject to hydrolysis) is 2. The van der Waals surface area contributed by atoms with Gasteiger partial charge in [0.2, 0.25) is 11.8 Å². The van der Waals surface area contributed by atoms with Crippen LogP contribution in [-0.2, 0) is 31.9 Å². The standard InChI is InChI=1S/C44H56N8O6/c1-24(2)36(49-43(55)57-6)41(53)51(5)34-11-8-10-31(34)39-45-23-33(47-39)27-15-13-26(14-16-27)28-17-19-30-29(22-28)18-20-32-38(30)48-40(46-32)35-12-9-21-52(35)42(54)37(25(3)4)50-44(56)58-7/h13-17,19,22-25,31,34-37H,8-12,18,20-21H2,1-7H3,(H,45,47)(H,46,48)(H,49,55)(H,50,56). The lowest BCUT2D eigenvalue weighted by Crippen LogP contribution is -2.53. The van der Waals surface area contributed by atoms with Crippen LogP contribution in [0.1, 0.15) is 94.7 Å². The number of rotatable bonds is 11. The van der Waals surface area contributed by atoms with Crippen LogP contribution in [0, 0.1) is 11.8 Å². The quantitative estimate of drug-likeness (QED) is 0.129. The average molecular weight is 793 g/mol. The first-order valence-corrected chi connectivity index (χ1v) is 20.5. The van der Waals surface area contributed by atoms with E-state index in [1.54, 1.807) is 4.90 Å². The summed E-state index contributed by atoms with van der Waals surface area (Å²) in [4.78, 5) is 71.9. The van der Waals surface area contributed by atoms with E-state index in [4.69, 9.17) is 19.4 Å². The van der Waals surface area contributed by atoms with Gasteiger partial charge < -0.3 is 39.9 Å². The number of methoxy groups -OCH3 is 2. The molecule has 308 valence electrons. The Bertz CT molecular complexity index is 2140. The number of hydrogen-bond donors (Lipinski definition) is 4. The first kappa shape index (κ1) is 40.5. The topological polar surface area (TPSA) is 175 Å². The Hall–Kier alpha value is -5.66. The van der Waals surface area contributed by atoms with Crippen LogP contribution in [0.25, 0.3) is 33.6 Å². The molecule has 0 bridgehead atoms. The number of likely N-dealkylation sites (tertiary alicyclic amines) is 1. The fraction of sp³-hybridized carbons (Fsp3) is 0.500. The summed E-state index contributed by atoms with van der Waals surface area (Å²) in [5.41, 5.74) is 8.55. The number of nitrogens with one attached hydrogen (secondary N) is 4. The number of H-pyrrole nitrogens is 2. The van der Waals surface area contributed by atoms with Crippen molar-refractivity contribution >= 4 is 24.0 Å². The summed E-state index contributed by atoms with van der Waals surface area (Å²) in [6, 6.07) is 13.5. The maximum atomic E-state index is 13.7. The Labute approximate surface area is 339 Å². The highest BCUT2D eigenvalue weighted by atomic mass is 16.5. The zero-order valence-electron chi connectivity index (χ0n) is 34.6. The van der Waals surface area contributed by atoms with E-state index in [9.17, 15) is 19.2 Å². The Balaban J connectivity index is 1.04. The van der Waals surface area contributed by atoms with Gasteiger partial charge in [0.05, 0.1) is 37.8 Å². The number of benzene rings is 2. The van der Waals surface area contributed by atoms with Gasteiger partial charge >= 0.3 is 12.2 Å². The number of aromatic nitrogens is 4. The Morgan fingerprint density at radius 1 is 0.810 bits per heavy atom. The van der Waals surface area contributed by atoms with Crippen LogP contribution in [0.2, 0.25) is 0 Å². The predicted octanol–water partition coefficient (Wildman–Crippen LogP) is 6.75. The van der Waals surface area contributed by atoms with Crippen LogP contribution >= 0.6 is 0 Å². The molecule has 1 aliphatic heterocycles. The van der Waals surface area contributed by atoms with Gasteiger partial charge in [0, 0.05) is 36.8 Å². The number of imidazole rings is 2. The summed E-state index contributed by atoms with van der Waals surface area (Å²) in [7, 11) is 4.42. The lowest BCUT2D eigenvalue weighted by atomic mass is 9.89. The molecule has 1 saturated carbocycles. The molecule has 2 fully saturated rings. The van der Waals surface area contributed by atoms with Crippen LogP contribution in [0.15, 0.2) is 48.7 Å². The van der Waals surface area contributed by atoms with Gasteiger partial charge in [-0.25, -0.2) is 19.6 Å². The van der Waals surface area contributed by atoms with Gasteiger partial charge in [-0.1, -0.05) is 76.6 Å². The van der Waals surface area contributed by atoms with Crippen molar-refractivity contribution in [3.63, 3.8) is 0 Å². The molecule has 58 heavy (non-hydrogen) atoms. The summed E-state index contributed by atoms with van der Waals surface area (Å²) in [6.07, 6.45) is 6.77. The van der Waals surface area contributed by atoms with Gasteiger partial charge in [-0.15, -0.1) is 0 Å². The highest BCUT2D eigenvalue weighted by Gasteiger charge is 2.40. The number of aromatic amines is 2. The van der Waals surface area contributed by atoms with Crippen molar-refractivity contribution in [2.24, 2.45) is 11.8 Å². The van der Waals surface area contributed by atoms with Crippen molar-refractivity contribution in [3.8, 4) is 33.6 Å². The zero-order valence-corrected chi connectivity index (χ0v) is 34.6. The summed E-state index contributed by atoms with van der Waals surface area (Å²) in [5, 5.41) is 5.44. The molecule has 0 radical (unpaired) electrons. The molecular weight excluding hydrogens is 737 g/mol. The van der Waals surface area contributed by atoms with E-state index < -0.39 is 24.3 Å². The number of nitrogens with zero attached hydrogens (tertiary/aromatic N) is 4. The Morgan fingerprint density at radius 2 is 1.48 bits per heavy atom. The number of amides is 4. The smallest absolute Gasteiger partial charge is 0.407 e. The first-order chi connectivity index (χ1) is 27.9. The van der Waals surface area contributed by atoms with E-state index in [0.29, 0.717) is 6.54 Å². The third-order valence-corrected chi connectivity index (χ3v) is 12.2. The maximum Gasteiger partial charge on any atom is 0.407 e. The van der Waals surface area contributed by atoms with Crippen molar-refractivity contribution in [2.75, 3.05) is 27.8 Å². The minimum Gasteiger partial charge on any atom is -0.453 e. The Kier molecular flexibility index (Phi) is 11.9. The third kappa shape index (κ3) is 8.06. The van der Waals surface area contributed by atoms with Crippen molar-refractivity contribution < 1.29 is 28.7 Å². The lowest BCUT2D eigenvalue weighted by Gasteiger charge is -2.33. The second-order valence-electron chi connectivity index (χ2n) is 16.5. The number of ether oxygens (including phenoxy) is 2. The van der Waals surface area contributed by atoms with Gasteiger partial charge in [0.15, 0.2) is 0 Å². The SMILES string of the molecule is COC(=O)NC(C(=O)N(C)C1CCCC1c1ncc(-c2ccc(-c3ccc4c(c3)CCc3[nH]c(C5CCCN5C(=O)C(NC(=O)OC)C(C)C)nc3-4)cc2)[nH]1)C(C)C. The number of fused-ring (bicyclic) bond motifs is 3. The van der Waals surface area contributed by atoms with Gasteiger partial charge in [-0.2, -0.15) is 0 Å². The van der Waals surface area contributed by atoms with Gasteiger partial charge in [-0.3, -0.25) is 9.59 Å². The maximum absolute atomic E-state index is 13.7. The second-order valence-corrected chi connectivity index (χ2v) is 16.5. The van der Waals surface area contributed by atoms with E-state index >= 15 is 0 Å². The molecule has 14 nitrogen and oxygen atoms in total. The molecule has 5 unspecified atom stereocenters. The van der Waals surface area contributed by atoms with Gasteiger partial charge in [-0.05, 0) is 72.6 Å². The third-order valence-electron chi connectivity index (χ3n) is 12.2. The highest BCUT2D eigenvalue weighted by Crippen LogP contribution is 2.40. The predicted molar refractivity (Wildman–Crippen MR) is 220 cm³/mol. The van der Waals surface area contributed by atoms with E-state index in [1.807, 2.05) is 45.8 Å². The summed E-state index contributed by atoms with van der Waals surface area (Å²) in [5.74, 6) is 1.27. The van der Waals surface area contributed by atoms with Crippen LogP contribution < -0.4 is 10.6 Å². The molecule has 2 aliphatic carbocycles. The molecule has 7 rings (SSSR count). The summed E-state index contributed by atoms with van der Waals surface area (Å²) >= 11 is 0. The average Bonchev–Trinajstić information content (AvgIpc) is 4.07. The molecule has 4 aromatic rings. The first-order valence-electron chi connectivity index (χ1n) is 20.5. The molecule has 14 heteroatoms. The summed E-state index contributed by atoms with van der Waals surface area (Å²) < 4.78 is 9.56. The number of carbonyl (C=O) groups is 4. The fourth-order valence-corrected chi connectivity index (χ4v) is 8.97. The van der Waals surface area contributed by atoms with E-state index in [1.165, 1.54) is 19.8 Å². The molecule has 3 aliphatic rings. The van der Waals surface area contributed by atoms with Crippen molar-refractivity contribution in [1.29, 1.82) is 0 Å². The molecule has 4 amide bonds. The lowest BCUT2D eigenvalue weighted by molar-refractivity contribution is -0.136. The molecule has 3 heterocycles. The van der Waals surface area contributed by atoms with E-state index in [0.717, 1.165) is 95.9 Å².